The van der Waals surface area contributed by atoms with Crippen molar-refractivity contribution < 1.29 is 19.5 Å². The molecule has 1 unspecified atom stereocenters. The Morgan fingerprint density at radius 3 is 2.38 bits per heavy atom. The minimum Gasteiger partial charge on any atom is -0.480 e. The number of hydrogen-bond acceptors (Lipinski definition) is 4. The molecule has 1 rings (SSSR count). The molecule has 0 spiro atoms. The van der Waals surface area contributed by atoms with Crippen molar-refractivity contribution in [3.8, 4) is 0 Å². The Morgan fingerprint density at radius 2 is 1.94 bits per heavy atom. The number of nitrogens with one attached hydrogen (secondary N) is 1. The number of rotatable bonds is 4. The molecule has 2 amide bonds. The second kappa shape index (κ2) is 4.75. The van der Waals surface area contributed by atoms with Gasteiger partial charge in [0.05, 0.1) is 9.75 Å². The van der Waals surface area contributed by atoms with Gasteiger partial charge in [0.1, 0.15) is 6.04 Å². The molecule has 0 bridgehead atoms. The van der Waals surface area contributed by atoms with Crippen molar-refractivity contribution in [3.63, 3.8) is 0 Å². The van der Waals surface area contributed by atoms with Crippen molar-refractivity contribution in [2.24, 2.45) is 5.73 Å². The van der Waals surface area contributed by atoms with Crippen LogP contribution in [0.3, 0.4) is 0 Å². The molecule has 16 heavy (non-hydrogen) atoms. The van der Waals surface area contributed by atoms with Gasteiger partial charge in [-0.3, -0.25) is 14.4 Å². The molecule has 1 heterocycles. The molecule has 1 atom stereocenters. The molecular formula is C9H10N2O4S. The zero-order chi connectivity index (χ0) is 12.3. The Bertz CT molecular complexity index is 440. The van der Waals surface area contributed by atoms with Crippen LogP contribution in [-0.2, 0) is 4.79 Å². The molecule has 86 valence electrons. The summed E-state index contributed by atoms with van der Waals surface area (Å²) in [6, 6.07) is 1.87. The van der Waals surface area contributed by atoms with Crippen molar-refractivity contribution in [3.05, 3.63) is 21.9 Å². The number of aliphatic carboxylic acids is 1. The maximum Gasteiger partial charge on any atom is 0.325 e. The van der Waals surface area contributed by atoms with Gasteiger partial charge in [-0.1, -0.05) is 0 Å². The highest BCUT2D eigenvalue weighted by atomic mass is 32.1. The summed E-state index contributed by atoms with van der Waals surface area (Å²) in [6.07, 6.45) is 0. The van der Waals surface area contributed by atoms with Gasteiger partial charge in [-0.15, -0.1) is 11.3 Å². The Labute approximate surface area is 95.1 Å². The molecule has 0 aliphatic rings. The first kappa shape index (κ1) is 12.2. The summed E-state index contributed by atoms with van der Waals surface area (Å²) in [7, 11) is 0. The van der Waals surface area contributed by atoms with Crippen molar-refractivity contribution in [2.45, 2.75) is 13.0 Å². The molecule has 7 heteroatoms. The zero-order valence-corrected chi connectivity index (χ0v) is 9.21. The van der Waals surface area contributed by atoms with Crippen molar-refractivity contribution >= 4 is 29.1 Å². The predicted molar refractivity (Wildman–Crippen MR) is 57.4 cm³/mol. The Kier molecular flexibility index (Phi) is 3.62. The fourth-order valence-corrected chi connectivity index (χ4v) is 1.68. The Balaban J connectivity index is 2.73. The van der Waals surface area contributed by atoms with E-state index in [1.807, 2.05) is 0 Å². The number of carboxylic acids is 1. The highest BCUT2D eigenvalue weighted by Gasteiger charge is 2.17. The molecular weight excluding hydrogens is 232 g/mol. The van der Waals surface area contributed by atoms with Gasteiger partial charge in [0.15, 0.2) is 0 Å². The summed E-state index contributed by atoms with van der Waals surface area (Å²) in [4.78, 5) is 33.3. The number of carbonyl (C=O) groups is 3. The van der Waals surface area contributed by atoms with E-state index in [1.165, 1.54) is 19.1 Å². The molecule has 0 fully saturated rings. The van der Waals surface area contributed by atoms with E-state index in [1.54, 1.807) is 0 Å². The van der Waals surface area contributed by atoms with E-state index in [4.69, 9.17) is 10.8 Å². The van der Waals surface area contributed by atoms with Crippen LogP contribution >= 0.6 is 11.3 Å². The van der Waals surface area contributed by atoms with Crippen LogP contribution in [0.25, 0.3) is 0 Å². The van der Waals surface area contributed by atoms with Gasteiger partial charge in [0.25, 0.3) is 11.8 Å². The fourth-order valence-electron chi connectivity index (χ4n) is 0.922. The largest absolute Gasteiger partial charge is 0.480 e. The van der Waals surface area contributed by atoms with E-state index in [0.29, 0.717) is 0 Å². The summed E-state index contributed by atoms with van der Waals surface area (Å²) < 4.78 is 0. The highest BCUT2D eigenvalue weighted by molar-refractivity contribution is 7.15. The SMILES string of the molecule is CC(NC(=O)c1ccc(C(N)=O)s1)C(=O)O. The predicted octanol–water partition coefficient (Wildman–Crippen LogP) is 0.0499. The van der Waals surface area contributed by atoms with E-state index < -0.39 is 23.8 Å². The third-order valence-corrected chi connectivity index (χ3v) is 2.89. The summed E-state index contributed by atoms with van der Waals surface area (Å²) in [5.74, 6) is -2.28. The quantitative estimate of drug-likeness (QED) is 0.692. The third kappa shape index (κ3) is 2.80. The van der Waals surface area contributed by atoms with E-state index >= 15 is 0 Å². The van der Waals surface area contributed by atoms with Crippen LogP contribution in [0.1, 0.15) is 26.3 Å². The van der Waals surface area contributed by atoms with Crippen molar-refractivity contribution in [1.29, 1.82) is 0 Å². The van der Waals surface area contributed by atoms with E-state index in [2.05, 4.69) is 5.32 Å². The molecule has 0 aliphatic heterocycles. The highest BCUT2D eigenvalue weighted by Crippen LogP contribution is 2.15. The lowest BCUT2D eigenvalue weighted by Crippen LogP contribution is -2.37. The van der Waals surface area contributed by atoms with Crippen LogP contribution in [-0.4, -0.2) is 28.9 Å². The van der Waals surface area contributed by atoms with Crippen LogP contribution < -0.4 is 11.1 Å². The average Bonchev–Trinajstić information content (AvgIpc) is 2.65. The maximum absolute atomic E-state index is 11.5. The Hall–Kier alpha value is -1.89. The van der Waals surface area contributed by atoms with Gasteiger partial charge in [0.2, 0.25) is 0 Å². The monoisotopic (exact) mass is 242 g/mol. The zero-order valence-electron chi connectivity index (χ0n) is 8.39. The third-order valence-electron chi connectivity index (χ3n) is 1.79. The lowest BCUT2D eigenvalue weighted by molar-refractivity contribution is -0.138. The standard InChI is InChI=1S/C9H10N2O4S/c1-4(9(14)15)11-8(13)6-3-2-5(16-6)7(10)12/h2-4H,1H3,(H2,10,12)(H,11,13)(H,14,15). The van der Waals surface area contributed by atoms with Gasteiger partial charge in [-0.05, 0) is 19.1 Å². The van der Waals surface area contributed by atoms with Gasteiger partial charge < -0.3 is 16.2 Å². The topological polar surface area (TPSA) is 109 Å². The van der Waals surface area contributed by atoms with Crippen LogP contribution in [0.2, 0.25) is 0 Å². The number of thiophene rings is 1. The number of amides is 2. The smallest absolute Gasteiger partial charge is 0.325 e. The van der Waals surface area contributed by atoms with Crippen molar-refractivity contribution in [2.75, 3.05) is 0 Å². The Morgan fingerprint density at radius 1 is 1.38 bits per heavy atom. The van der Waals surface area contributed by atoms with E-state index in [-0.39, 0.29) is 9.75 Å². The maximum atomic E-state index is 11.5. The van der Waals surface area contributed by atoms with Gasteiger partial charge >= 0.3 is 5.97 Å². The van der Waals surface area contributed by atoms with Crippen LogP contribution in [0, 0.1) is 0 Å². The molecule has 1 aromatic heterocycles. The van der Waals surface area contributed by atoms with Crippen LogP contribution in [0.5, 0.6) is 0 Å². The molecule has 1 aromatic rings. The van der Waals surface area contributed by atoms with Gasteiger partial charge in [-0.25, -0.2) is 0 Å². The van der Waals surface area contributed by atoms with Crippen LogP contribution in [0.4, 0.5) is 0 Å². The minimum atomic E-state index is -1.12. The second-order valence-electron chi connectivity index (χ2n) is 3.06. The first-order valence-corrected chi connectivity index (χ1v) is 5.16. The molecule has 0 radical (unpaired) electrons. The van der Waals surface area contributed by atoms with E-state index in [9.17, 15) is 14.4 Å². The molecule has 0 saturated carbocycles. The summed E-state index contributed by atoms with van der Waals surface area (Å²) >= 11 is 0.923. The number of nitrogens with two attached hydrogens (primary N) is 1. The molecule has 6 nitrogen and oxygen atoms in total. The number of carbonyl (C=O) groups excluding carboxylic acids is 2. The van der Waals surface area contributed by atoms with Gasteiger partial charge in [0, 0.05) is 0 Å². The molecule has 0 aliphatic carbocycles. The van der Waals surface area contributed by atoms with E-state index in [0.717, 1.165) is 11.3 Å². The lowest BCUT2D eigenvalue weighted by Gasteiger charge is -2.07. The first-order chi connectivity index (χ1) is 7.41. The molecule has 0 aromatic carbocycles. The van der Waals surface area contributed by atoms with Crippen LogP contribution in [0.15, 0.2) is 12.1 Å². The average molecular weight is 242 g/mol. The number of primary amides is 1. The number of carboxylic acid groups (broad SMARTS) is 1. The van der Waals surface area contributed by atoms with Crippen molar-refractivity contribution in [1.82, 2.24) is 5.32 Å². The normalized spacial score (nSPS) is 11.8. The fraction of sp³-hybridized carbons (Fsp3) is 0.222. The first-order valence-electron chi connectivity index (χ1n) is 4.35. The number of hydrogen-bond donors (Lipinski definition) is 3. The van der Waals surface area contributed by atoms with Gasteiger partial charge in [-0.2, -0.15) is 0 Å². The summed E-state index contributed by atoms with van der Waals surface area (Å²) in [5.41, 5.74) is 5.02. The summed E-state index contributed by atoms with van der Waals surface area (Å²) in [6.45, 7) is 1.35. The minimum absolute atomic E-state index is 0.252. The lowest BCUT2D eigenvalue weighted by atomic mass is 10.3. The molecule has 4 N–H and O–H groups in total. The summed E-state index contributed by atoms with van der Waals surface area (Å²) in [5, 5.41) is 10.9. The molecule has 0 saturated heterocycles. The second-order valence-corrected chi connectivity index (χ2v) is 4.15.